The average molecular weight is 551 g/mol. The van der Waals surface area contributed by atoms with Gasteiger partial charge in [-0.2, -0.15) is 0 Å². The minimum Gasteiger partial charge on any atom is -0.357 e. The fraction of sp³-hybridized carbons (Fsp3) is 0.619. The smallest absolute Gasteiger partial charge is 0.223 e. The van der Waals surface area contributed by atoms with Crippen molar-refractivity contribution >= 4 is 45.7 Å². The molecule has 0 atom stereocenters. The van der Waals surface area contributed by atoms with Crippen LogP contribution in [0.4, 0.5) is 0 Å². The Labute approximate surface area is 197 Å². The Kier molecular flexibility index (Phi) is 10.6. The lowest BCUT2D eigenvalue weighted by atomic mass is 9.87. The molecule has 9 heteroatoms. The molecule has 170 valence electrons. The van der Waals surface area contributed by atoms with E-state index in [-0.39, 0.29) is 53.5 Å². The fourth-order valence-electron chi connectivity index (χ4n) is 2.76. The van der Waals surface area contributed by atoms with Gasteiger partial charge in [-0.1, -0.05) is 32.9 Å². The number of halogens is 1. The molecule has 1 aliphatic carbocycles. The van der Waals surface area contributed by atoms with E-state index in [0.29, 0.717) is 30.5 Å². The van der Waals surface area contributed by atoms with E-state index in [1.165, 1.54) is 0 Å². The van der Waals surface area contributed by atoms with Gasteiger partial charge in [0.15, 0.2) is 15.8 Å². The number of benzene rings is 1. The molecule has 0 aliphatic heterocycles. The summed E-state index contributed by atoms with van der Waals surface area (Å²) in [6.07, 6.45) is 1.97. The number of sulfone groups is 1. The topological polar surface area (TPSA) is 99.7 Å². The maximum atomic E-state index is 12.6. The summed E-state index contributed by atoms with van der Waals surface area (Å²) in [5, 5.41) is 9.08. The third-order valence-corrected chi connectivity index (χ3v) is 6.43. The summed E-state index contributed by atoms with van der Waals surface area (Å²) >= 11 is 0. The molecule has 30 heavy (non-hydrogen) atoms. The average Bonchev–Trinajstić information content (AvgIpc) is 3.49. The van der Waals surface area contributed by atoms with Crippen molar-refractivity contribution in [1.82, 2.24) is 16.0 Å². The Bertz CT molecular complexity index is 814. The molecule has 0 saturated heterocycles. The minimum atomic E-state index is -3.39. The quantitative estimate of drug-likeness (QED) is 0.190. The number of hydrogen-bond donors (Lipinski definition) is 3. The first-order chi connectivity index (χ1) is 13.6. The van der Waals surface area contributed by atoms with E-state index in [2.05, 4.69) is 41.7 Å². The standard InChI is InChI=1S/C21H34N4O3S.HI/c1-5-22-20(24-13-12-23-19(26)16-6-7-16)25-14-15-29(27,28)18-10-8-17(9-11-18)21(2,3)4;/h8-11,16H,5-7,12-15H2,1-4H3,(H,23,26)(H2,22,24,25);1H. The van der Waals surface area contributed by atoms with Crippen LogP contribution in [-0.2, 0) is 20.0 Å². The van der Waals surface area contributed by atoms with Crippen molar-refractivity contribution in [1.29, 1.82) is 0 Å². The summed E-state index contributed by atoms with van der Waals surface area (Å²) < 4.78 is 25.2. The fourth-order valence-corrected chi connectivity index (χ4v) is 3.87. The lowest BCUT2D eigenvalue weighted by Gasteiger charge is -2.19. The Morgan fingerprint density at radius 3 is 2.20 bits per heavy atom. The molecular weight excluding hydrogens is 515 g/mol. The molecule has 0 heterocycles. The van der Waals surface area contributed by atoms with Crippen LogP contribution >= 0.6 is 24.0 Å². The van der Waals surface area contributed by atoms with Crippen molar-refractivity contribution in [3.8, 4) is 0 Å². The molecule has 0 unspecified atom stereocenters. The zero-order chi connectivity index (χ0) is 21.5. The van der Waals surface area contributed by atoms with Gasteiger partial charge in [0, 0.05) is 25.6 Å². The van der Waals surface area contributed by atoms with E-state index in [4.69, 9.17) is 0 Å². The molecule has 0 aromatic heterocycles. The van der Waals surface area contributed by atoms with Crippen LogP contribution in [0.5, 0.6) is 0 Å². The molecule has 1 aromatic carbocycles. The van der Waals surface area contributed by atoms with Gasteiger partial charge in [0.05, 0.1) is 17.2 Å². The molecule has 7 nitrogen and oxygen atoms in total. The maximum Gasteiger partial charge on any atom is 0.223 e. The lowest BCUT2D eigenvalue weighted by molar-refractivity contribution is -0.122. The zero-order valence-corrected chi connectivity index (χ0v) is 21.5. The summed E-state index contributed by atoms with van der Waals surface area (Å²) in [4.78, 5) is 16.3. The van der Waals surface area contributed by atoms with Gasteiger partial charge in [-0.15, -0.1) is 24.0 Å². The predicted octanol–water partition coefficient (Wildman–Crippen LogP) is 2.46. The molecule has 1 fully saturated rings. The molecule has 2 rings (SSSR count). The van der Waals surface area contributed by atoms with Gasteiger partial charge in [0.25, 0.3) is 0 Å². The zero-order valence-electron chi connectivity index (χ0n) is 18.3. The second-order valence-corrected chi connectivity index (χ2v) is 10.5. The monoisotopic (exact) mass is 550 g/mol. The van der Waals surface area contributed by atoms with Crippen molar-refractivity contribution < 1.29 is 13.2 Å². The molecule has 1 saturated carbocycles. The van der Waals surface area contributed by atoms with Crippen LogP contribution in [0, 0.1) is 5.92 Å². The molecule has 3 N–H and O–H groups in total. The molecule has 0 spiro atoms. The number of rotatable bonds is 9. The van der Waals surface area contributed by atoms with E-state index in [9.17, 15) is 13.2 Å². The van der Waals surface area contributed by atoms with E-state index < -0.39 is 9.84 Å². The molecular formula is C21H35IN4O3S. The van der Waals surface area contributed by atoms with Gasteiger partial charge in [0.1, 0.15) is 0 Å². The highest BCUT2D eigenvalue weighted by molar-refractivity contribution is 14.0. The molecule has 1 aromatic rings. The summed E-state index contributed by atoms with van der Waals surface area (Å²) in [6.45, 7) is 10.1. The summed E-state index contributed by atoms with van der Waals surface area (Å²) in [6, 6.07) is 7.09. The third kappa shape index (κ3) is 8.79. The van der Waals surface area contributed by atoms with Crippen molar-refractivity contribution in [3.63, 3.8) is 0 Å². The first-order valence-corrected chi connectivity index (χ1v) is 11.9. The van der Waals surface area contributed by atoms with E-state index in [0.717, 1.165) is 18.4 Å². The van der Waals surface area contributed by atoms with Gasteiger partial charge < -0.3 is 16.0 Å². The Balaban J connectivity index is 0.00000450. The molecule has 0 bridgehead atoms. The molecule has 1 amide bonds. The second-order valence-electron chi connectivity index (χ2n) is 8.35. The van der Waals surface area contributed by atoms with Crippen molar-refractivity contribution in [2.75, 3.05) is 31.9 Å². The number of carbonyl (C=O) groups is 1. The van der Waals surface area contributed by atoms with Crippen LogP contribution < -0.4 is 16.0 Å². The first-order valence-electron chi connectivity index (χ1n) is 10.3. The van der Waals surface area contributed by atoms with Crippen molar-refractivity contribution in [2.45, 2.75) is 50.8 Å². The molecule has 0 radical (unpaired) electrons. The maximum absolute atomic E-state index is 12.6. The van der Waals surface area contributed by atoms with Crippen molar-refractivity contribution in [2.24, 2.45) is 10.9 Å². The summed E-state index contributed by atoms with van der Waals surface area (Å²) in [7, 11) is -3.39. The number of aliphatic imine (C=N–C) groups is 1. The summed E-state index contributed by atoms with van der Waals surface area (Å²) in [5.41, 5.74) is 1.08. The van der Waals surface area contributed by atoms with Crippen LogP contribution in [0.1, 0.15) is 46.1 Å². The Morgan fingerprint density at radius 1 is 1.07 bits per heavy atom. The van der Waals surface area contributed by atoms with Gasteiger partial charge in [-0.05, 0) is 42.9 Å². The number of nitrogens with zero attached hydrogens (tertiary/aromatic N) is 1. The number of guanidine groups is 1. The number of hydrogen-bond acceptors (Lipinski definition) is 4. The SMILES string of the molecule is CCNC(=NCCS(=O)(=O)c1ccc(C(C)(C)C)cc1)NCCNC(=O)C1CC1.I. The van der Waals surface area contributed by atoms with E-state index in [1.807, 2.05) is 19.1 Å². The summed E-state index contributed by atoms with van der Waals surface area (Å²) in [5.74, 6) is 0.792. The third-order valence-electron chi connectivity index (χ3n) is 4.72. The van der Waals surface area contributed by atoms with E-state index >= 15 is 0 Å². The Hall–Kier alpha value is -1.36. The van der Waals surface area contributed by atoms with Crippen LogP contribution in [-0.4, -0.2) is 52.2 Å². The lowest BCUT2D eigenvalue weighted by Crippen LogP contribution is -2.42. The van der Waals surface area contributed by atoms with Gasteiger partial charge in [0.2, 0.25) is 5.91 Å². The number of nitrogens with one attached hydrogen (secondary N) is 3. The van der Waals surface area contributed by atoms with Gasteiger partial charge in [-0.3, -0.25) is 9.79 Å². The van der Waals surface area contributed by atoms with Crippen LogP contribution in [0.25, 0.3) is 0 Å². The number of amides is 1. The highest BCUT2D eigenvalue weighted by Crippen LogP contribution is 2.28. The largest absolute Gasteiger partial charge is 0.357 e. The predicted molar refractivity (Wildman–Crippen MR) is 132 cm³/mol. The van der Waals surface area contributed by atoms with Crippen molar-refractivity contribution in [3.05, 3.63) is 29.8 Å². The van der Waals surface area contributed by atoms with Gasteiger partial charge in [-0.25, -0.2) is 8.42 Å². The van der Waals surface area contributed by atoms with E-state index in [1.54, 1.807) is 12.1 Å². The Morgan fingerprint density at radius 2 is 1.67 bits per heavy atom. The number of carbonyl (C=O) groups excluding carboxylic acids is 1. The van der Waals surface area contributed by atoms with Crippen LogP contribution in [0.15, 0.2) is 34.2 Å². The normalized spacial score (nSPS) is 14.6. The minimum absolute atomic E-state index is 0. The first kappa shape index (κ1) is 26.7. The molecule has 1 aliphatic rings. The van der Waals surface area contributed by atoms with Crippen LogP contribution in [0.2, 0.25) is 0 Å². The van der Waals surface area contributed by atoms with Gasteiger partial charge >= 0.3 is 0 Å². The second kappa shape index (κ2) is 11.9. The highest BCUT2D eigenvalue weighted by Gasteiger charge is 2.29. The van der Waals surface area contributed by atoms with Crippen LogP contribution in [0.3, 0.4) is 0 Å². The highest BCUT2D eigenvalue weighted by atomic mass is 127.